The number of hydrogen-bond acceptors (Lipinski definition) is 3. The van der Waals surface area contributed by atoms with Crippen molar-refractivity contribution in [1.82, 2.24) is 24.9 Å². The second kappa shape index (κ2) is 6.30. The highest BCUT2D eigenvalue weighted by Gasteiger charge is 2.12. The number of rotatable bonds is 5. The molecule has 0 atom stereocenters. The first-order valence-electron chi connectivity index (χ1n) is 6.91. The van der Waals surface area contributed by atoms with Crippen molar-refractivity contribution in [3.63, 3.8) is 0 Å². The lowest BCUT2D eigenvalue weighted by Gasteiger charge is -2.06. The first-order valence-corrected chi connectivity index (χ1v) is 7.29. The van der Waals surface area contributed by atoms with Gasteiger partial charge in [0, 0.05) is 24.8 Å². The van der Waals surface area contributed by atoms with Gasteiger partial charge in [-0.15, -0.1) is 0 Å². The second-order valence-electron chi connectivity index (χ2n) is 5.01. The molecule has 0 spiro atoms. The van der Waals surface area contributed by atoms with Gasteiger partial charge >= 0.3 is 0 Å². The Bertz CT molecular complexity index is 659. The van der Waals surface area contributed by atoms with E-state index in [0.29, 0.717) is 11.6 Å². The second-order valence-corrected chi connectivity index (χ2v) is 5.39. The van der Waals surface area contributed by atoms with Gasteiger partial charge in [-0.3, -0.25) is 14.2 Å². The summed E-state index contributed by atoms with van der Waals surface area (Å²) in [6.45, 7) is 9.10. The van der Waals surface area contributed by atoms with E-state index in [1.807, 2.05) is 38.6 Å². The van der Waals surface area contributed by atoms with Gasteiger partial charge in [-0.25, -0.2) is 0 Å². The van der Waals surface area contributed by atoms with Crippen LogP contribution >= 0.6 is 11.6 Å². The van der Waals surface area contributed by atoms with Crippen LogP contribution in [0, 0.1) is 20.8 Å². The smallest absolute Gasteiger partial charge is 0.242 e. The molecule has 0 aliphatic carbocycles. The van der Waals surface area contributed by atoms with Crippen molar-refractivity contribution in [3.8, 4) is 0 Å². The van der Waals surface area contributed by atoms with Gasteiger partial charge in [0.15, 0.2) is 0 Å². The molecule has 2 heterocycles. The van der Waals surface area contributed by atoms with Crippen molar-refractivity contribution in [2.75, 3.05) is 0 Å². The summed E-state index contributed by atoms with van der Waals surface area (Å²) in [7, 11) is 0. The molecule has 0 radical (unpaired) electrons. The van der Waals surface area contributed by atoms with Crippen molar-refractivity contribution < 1.29 is 4.79 Å². The molecule has 0 bridgehead atoms. The number of nitrogens with one attached hydrogen (secondary N) is 1. The molecule has 0 aliphatic rings. The normalized spacial score (nSPS) is 10.9. The molecule has 0 saturated carbocycles. The van der Waals surface area contributed by atoms with Crippen LogP contribution in [0.25, 0.3) is 0 Å². The van der Waals surface area contributed by atoms with Crippen LogP contribution in [0.1, 0.15) is 29.6 Å². The zero-order valence-electron chi connectivity index (χ0n) is 12.8. The molecule has 0 aliphatic heterocycles. The Kier molecular flexibility index (Phi) is 4.67. The summed E-state index contributed by atoms with van der Waals surface area (Å²) < 4.78 is 3.48. The number of aromatic nitrogens is 4. The molecule has 0 saturated heterocycles. The maximum absolute atomic E-state index is 12.0. The molecular weight excluding hydrogens is 290 g/mol. The highest BCUT2D eigenvalue weighted by Crippen LogP contribution is 2.18. The van der Waals surface area contributed by atoms with Crippen LogP contribution in [-0.4, -0.2) is 25.5 Å². The van der Waals surface area contributed by atoms with Gasteiger partial charge in [-0.2, -0.15) is 10.2 Å². The quantitative estimate of drug-likeness (QED) is 0.918. The highest BCUT2D eigenvalue weighted by atomic mass is 35.5. The molecular formula is C14H20ClN5O. The minimum Gasteiger partial charge on any atom is -0.350 e. The summed E-state index contributed by atoms with van der Waals surface area (Å²) in [5.41, 5.74) is 3.50. The number of amides is 1. The lowest BCUT2D eigenvalue weighted by molar-refractivity contribution is -0.122. The third-order valence-corrected chi connectivity index (χ3v) is 3.98. The molecule has 1 N–H and O–H groups in total. The molecule has 2 aromatic heterocycles. The van der Waals surface area contributed by atoms with Crippen LogP contribution in [0.5, 0.6) is 0 Å². The van der Waals surface area contributed by atoms with E-state index in [0.717, 1.165) is 29.2 Å². The van der Waals surface area contributed by atoms with Crippen LogP contribution in [-0.2, 0) is 24.4 Å². The summed E-state index contributed by atoms with van der Waals surface area (Å²) >= 11 is 6.07. The predicted molar refractivity (Wildman–Crippen MR) is 81.2 cm³/mol. The third kappa shape index (κ3) is 3.44. The lowest BCUT2D eigenvalue weighted by atomic mass is 10.2. The highest BCUT2D eigenvalue weighted by molar-refractivity contribution is 6.31. The monoisotopic (exact) mass is 309 g/mol. The van der Waals surface area contributed by atoms with E-state index in [1.54, 1.807) is 4.68 Å². The minimum absolute atomic E-state index is 0.0964. The maximum atomic E-state index is 12.0. The number of halogens is 1. The fourth-order valence-electron chi connectivity index (χ4n) is 2.11. The Morgan fingerprint density at radius 1 is 1.29 bits per heavy atom. The topological polar surface area (TPSA) is 64.7 Å². The minimum atomic E-state index is -0.0964. The first-order chi connectivity index (χ1) is 9.92. The average Bonchev–Trinajstić information content (AvgIpc) is 2.92. The number of nitrogens with zero attached hydrogens (tertiary/aromatic N) is 4. The zero-order valence-corrected chi connectivity index (χ0v) is 13.5. The maximum Gasteiger partial charge on any atom is 0.242 e. The van der Waals surface area contributed by atoms with Crippen molar-refractivity contribution in [2.24, 2.45) is 0 Å². The van der Waals surface area contributed by atoms with Crippen molar-refractivity contribution in [1.29, 1.82) is 0 Å². The summed E-state index contributed by atoms with van der Waals surface area (Å²) in [4.78, 5) is 12.0. The molecule has 6 nitrogen and oxygen atoms in total. The standard InChI is InChI=1S/C14H20ClN5O/c1-5-19-7-12(9(2)17-19)6-16-13(21)8-20-11(4)14(15)10(3)18-20/h7H,5-6,8H2,1-4H3,(H,16,21). The van der Waals surface area contributed by atoms with Gasteiger partial charge in [0.05, 0.1) is 22.1 Å². The summed E-state index contributed by atoms with van der Waals surface area (Å²) in [5.74, 6) is -0.0964. The van der Waals surface area contributed by atoms with Crippen LogP contribution in [0.4, 0.5) is 0 Å². The van der Waals surface area contributed by atoms with E-state index < -0.39 is 0 Å². The van der Waals surface area contributed by atoms with E-state index in [-0.39, 0.29) is 12.5 Å². The molecule has 0 unspecified atom stereocenters. The molecule has 21 heavy (non-hydrogen) atoms. The van der Waals surface area contributed by atoms with Gasteiger partial charge in [-0.1, -0.05) is 11.6 Å². The van der Waals surface area contributed by atoms with Gasteiger partial charge < -0.3 is 5.32 Å². The Morgan fingerprint density at radius 3 is 2.52 bits per heavy atom. The number of hydrogen-bond donors (Lipinski definition) is 1. The number of carbonyl (C=O) groups is 1. The van der Waals surface area contributed by atoms with Crippen LogP contribution in [0.2, 0.25) is 5.02 Å². The lowest BCUT2D eigenvalue weighted by Crippen LogP contribution is -2.28. The molecule has 2 rings (SSSR count). The Labute approximate surface area is 129 Å². The van der Waals surface area contributed by atoms with Crippen LogP contribution in [0.15, 0.2) is 6.20 Å². The van der Waals surface area contributed by atoms with E-state index in [9.17, 15) is 4.79 Å². The SMILES string of the molecule is CCn1cc(CNC(=O)Cn2nc(C)c(Cl)c2C)c(C)n1. The molecule has 1 amide bonds. The van der Waals surface area contributed by atoms with Gasteiger partial charge in [-0.05, 0) is 27.7 Å². The summed E-state index contributed by atoms with van der Waals surface area (Å²) in [6, 6.07) is 0. The molecule has 7 heteroatoms. The van der Waals surface area contributed by atoms with E-state index in [4.69, 9.17) is 11.6 Å². The summed E-state index contributed by atoms with van der Waals surface area (Å²) in [6.07, 6.45) is 1.95. The van der Waals surface area contributed by atoms with Crippen molar-refractivity contribution >= 4 is 17.5 Å². The molecule has 0 fully saturated rings. The van der Waals surface area contributed by atoms with E-state index in [2.05, 4.69) is 15.5 Å². The van der Waals surface area contributed by atoms with E-state index >= 15 is 0 Å². The number of carbonyl (C=O) groups excluding carboxylic acids is 1. The average molecular weight is 310 g/mol. The Morgan fingerprint density at radius 2 is 2.00 bits per heavy atom. The largest absolute Gasteiger partial charge is 0.350 e. The van der Waals surface area contributed by atoms with Crippen molar-refractivity contribution in [2.45, 2.75) is 47.3 Å². The number of aryl methyl sites for hydroxylation is 3. The predicted octanol–water partition coefficient (Wildman–Crippen LogP) is 1.99. The van der Waals surface area contributed by atoms with Crippen molar-refractivity contribution in [3.05, 3.63) is 33.9 Å². The summed E-state index contributed by atoms with van der Waals surface area (Å²) in [5, 5.41) is 12.1. The van der Waals surface area contributed by atoms with Gasteiger partial charge in [0.1, 0.15) is 6.54 Å². The van der Waals surface area contributed by atoms with Gasteiger partial charge in [0.2, 0.25) is 5.91 Å². The van der Waals surface area contributed by atoms with Crippen LogP contribution < -0.4 is 5.32 Å². The zero-order chi connectivity index (χ0) is 15.6. The molecule has 114 valence electrons. The third-order valence-electron chi connectivity index (χ3n) is 3.43. The first kappa shape index (κ1) is 15.6. The fraction of sp³-hybridized carbons (Fsp3) is 0.500. The molecule has 0 aromatic carbocycles. The van der Waals surface area contributed by atoms with E-state index in [1.165, 1.54) is 0 Å². The fourth-order valence-corrected chi connectivity index (χ4v) is 2.24. The Hall–Kier alpha value is -1.82. The van der Waals surface area contributed by atoms with Gasteiger partial charge in [0.25, 0.3) is 0 Å². The van der Waals surface area contributed by atoms with Crippen LogP contribution in [0.3, 0.4) is 0 Å². The Balaban J connectivity index is 1.95. The molecule has 2 aromatic rings.